The second-order valence-electron chi connectivity index (χ2n) is 5.80. The molecule has 2 rings (SSSR count). The maximum Gasteiger partial charge on any atom is 0.416 e. The van der Waals surface area contributed by atoms with Gasteiger partial charge in [-0.15, -0.1) is 0 Å². The maximum atomic E-state index is 14.5. The first kappa shape index (κ1) is 21.2. The van der Waals surface area contributed by atoms with E-state index in [-0.39, 0.29) is 22.6 Å². The summed E-state index contributed by atoms with van der Waals surface area (Å²) in [5.41, 5.74) is 3.04. The molecule has 0 saturated carbocycles. The summed E-state index contributed by atoms with van der Waals surface area (Å²) in [7, 11) is 1.23. The first-order valence-corrected chi connectivity index (χ1v) is 8.00. The third-order valence-electron chi connectivity index (χ3n) is 4.03. The first-order valence-electron chi connectivity index (χ1n) is 8.00. The molecule has 0 heterocycles. The Morgan fingerprint density at radius 1 is 1.14 bits per heavy atom. The lowest BCUT2D eigenvalue weighted by atomic mass is 10.0. The Bertz CT molecular complexity index is 923. The Kier molecular flexibility index (Phi) is 6.27. The molecule has 0 aliphatic rings. The molecule has 9 heteroatoms. The molecule has 0 aromatic heterocycles. The molecule has 0 bridgehead atoms. The van der Waals surface area contributed by atoms with Gasteiger partial charge in [0.05, 0.1) is 18.2 Å². The summed E-state index contributed by atoms with van der Waals surface area (Å²) in [5, 5.41) is 2.53. The number of primary amides is 1. The standard InChI is InChI=1S/C19H17F5N2O2/c1-10(16(18(25)27)11-5-3-8-15(28-2)17(11)21)26-9-12-13(19(22,23)24)6-4-7-14(12)20/h3-8,26H,9H2,1-2H3,(H2,25,27)/b16-10-. The molecule has 150 valence electrons. The van der Waals surface area contributed by atoms with E-state index in [1.165, 1.54) is 32.2 Å². The third kappa shape index (κ3) is 4.41. The van der Waals surface area contributed by atoms with Crippen LogP contribution >= 0.6 is 0 Å². The SMILES string of the molecule is COc1cccc(/C(C(N)=O)=C(\C)NCc2c(F)cccc2C(F)(F)F)c1F. The van der Waals surface area contributed by atoms with Gasteiger partial charge in [-0.25, -0.2) is 8.78 Å². The second-order valence-corrected chi connectivity index (χ2v) is 5.80. The van der Waals surface area contributed by atoms with Crippen LogP contribution in [0.3, 0.4) is 0 Å². The molecule has 2 aromatic carbocycles. The van der Waals surface area contributed by atoms with E-state index in [0.29, 0.717) is 0 Å². The highest BCUT2D eigenvalue weighted by Crippen LogP contribution is 2.33. The Morgan fingerprint density at radius 3 is 2.36 bits per heavy atom. The van der Waals surface area contributed by atoms with E-state index >= 15 is 0 Å². The van der Waals surface area contributed by atoms with E-state index < -0.39 is 41.4 Å². The second kappa shape index (κ2) is 8.28. The number of carbonyl (C=O) groups excluding carboxylic acids is 1. The summed E-state index contributed by atoms with van der Waals surface area (Å²) in [5.74, 6) is -3.08. The van der Waals surface area contributed by atoms with Gasteiger partial charge < -0.3 is 15.8 Å². The first-order chi connectivity index (χ1) is 13.1. The minimum Gasteiger partial charge on any atom is -0.494 e. The number of amides is 1. The number of carbonyl (C=O) groups is 1. The van der Waals surface area contributed by atoms with Crippen LogP contribution in [0.1, 0.15) is 23.6 Å². The number of halogens is 5. The number of benzene rings is 2. The molecule has 4 nitrogen and oxygen atoms in total. The van der Waals surface area contributed by atoms with Crippen molar-refractivity contribution in [3.8, 4) is 5.75 Å². The molecule has 0 atom stereocenters. The van der Waals surface area contributed by atoms with Gasteiger partial charge in [0.1, 0.15) is 5.82 Å². The molecule has 0 aliphatic heterocycles. The van der Waals surface area contributed by atoms with Crippen molar-refractivity contribution in [1.82, 2.24) is 5.32 Å². The summed E-state index contributed by atoms with van der Waals surface area (Å²) < 4.78 is 72.6. The van der Waals surface area contributed by atoms with Crippen molar-refractivity contribution >= 4 is 11.5 Å². The van der Waals surface area contributed by atoms with Gasteiger partial charge in [0.2, 0.25) is 0 Å². The van der Waals surface area contributed by atoms with Gasteiger partial charge in [0.15, 0.2) is 11.6 Å². The molecule has 0 unspecified atom stereocenters. The number of nitrogens with two attached hydrogens (primary N) is 1. The Hall–Kier alpha value is -3.10. The average molecular weight is 400 g/mol. The lowest BCUT2D eigenvalue weighted by Crippen LogP contribution is -2.23. The molecule has 0 spiro atoms. The van der Waals surface area contributed by atoms with Crippen LogP contribution in [0.5, 0.6) is 5.75 Å². The van der Waals surface area contributed by atoms with Crippen LogP contribution in [0.2, 0.25) is 0 Å². The van der Waals surface area contributed by atoms with Crippen LogP contribution in [-0.4, -0.2) is 13.0 Å². The van der Waals surface area contributed by atoms with Gasteiger partial charge in [0, 0.05) is 23.4 Å². The van der Waals surface area contributed by atoms with Gasteiger partial charge in [-0.2, -0.15) is 13.2 Å². The fourth-order valence-corrected chi connectivity index (χ4v) is 2.69. The quantitative estimate of drug-likeness (QED) is 0.569. The third-order valence-corrected chi connectivity index (χ3v) is 4.03. The molecular weight excluding hydrogens is 383 g/mol. The number of hydrogen-bond donors (Lipinski definition) is 2. The van der Waals surface area contributed by atoms with E-state index in [1.807, 2.05) is 0 Å². The van der Waals surface area contributed by atoms with E-state index in [2.05, 4.69) is 5.32 Å². The van der Waals surface area contributed by atoms with Crippen molar-refractivity contribution in [2.45, 2.75) is 19.6 Å². The van der Waals surface area contributed by atoms with E-state index in [0.717, 1.165) is 18.2 Å². The highest BCUT2D eigenvalue weighted by atomic mass is 19.4. The molecule has 0 radical (unpaired) electrons. The fraction of sp³-hybridized carbons (Fsp3) is 0.211. The number of hydrogen-bond acceptors (Lipinski definition) is 3. The number of alkyl halides is 3. The molecule has 0 aliphatic carbocycles. The summed E-state index contributed by atoms with van der Waals surface area (Å²) >= 11 is 0. The maximum absolute atomic E-state index is 14.5. The Balaban J connectivity index is 2.45. The lowest BCUT2D eigenvalue weighted by molar-refractivity contribution is -0.138. The molecule has 1 amide bonds. The fourth-order valence-electron chi connectivity index (χ4n) is 2.69. The Labute approximate surface area is 157 Å². The zero-order chi connectivity index (χ0) is 21.1. The van der Waals surface area contributed by atoms with E-state index in [9.17, 15) is 26.7 Å². The monoisotopic (exact) mass is 400 g/mol. The average Bonchev–Trinajstić information content (AvgIpc) is 2.61. The number of ether oxygens (including phenoxy) is 1. The summed E-state index contributed by atoms with van der Waals surface area (Å²) in [4.78, 5) is 11.9. The predicted octanol–water partition coefficient (Wildman–Crippen LogP) is 4.00. The van der Waals surface area contributed by atoms with Gasteiger partial charge in [-0.3, -0.25) is 4.79 Å². The van der Waals surface area contributed by atoms with Crippen LogP contribution in [0.15, 0.2) is 42.1 Å². The van der Waals surface area contributed by atoms with Gasteiger partial charge in [0.25, 0.3) is 5.91 Å². The highest BCUT2D eigenvalue weighted by molar-refractivity contribution is 6.19. The van der Waals surface area contributed by atoms with Crippen molar-refractivity contribution in [3.63, 3.8) is 0 Å². The molecule has 2 aromatic rings. The number of methoxy groups -OCH3 is 1. The molecule has 28 heavy (non-hydrogen) atoms. The molecule has 0 fully saturated rings. The van der Waals surface area contributed by atoms with E-state index in [4.69, 9.17) is 10.5 Å². The van der Waals surface area contributed by atoms with Gasteiger partial charge in [-0.1, -0.05) is 18.2 Å². The van der Waals surface area contributed by atoms with Crippen LogP contribution in [0.4, 0.5) is 22.0 Å². The van der Waals surface area contributed by atoms with Crippen molar-refractivity contribution in [3.05, 3.63) is 70.4 Å². The highest BCUT2D eigenvalue weighted by Gasteiger charge is 2.34. The molecular formula is C19H17F5N2O2. The van der Waals surface area contributed by atoms with Gasteiger partial charge in [-0.05, 0) is 25.1 Å². The Morgan fingerprint density at radius 2 is 1.79 bits per heavy atom. The van der Waals surface area contributed by atoms with Crippen LogP contribution in [0, 0.1) is 11.6 Å². The zero-order valence-electron chi connectivity index (χ0n) is 15.0. The smallest absolute Gasteiger partial charge is 0.416 e. The lowest BCUT2D eigenvalue weighted by Gasteiger charge is -2.17. The van der Waals surface area contributed by atoms with E-state index in [1.54, 1.807) is 0 Å². The normalized spacial score (nSPS) is 12.4. The minimum atomic E-state index is -4.76. The number of allylic oxidation sites excluding steroid dienone is 1. The number of nitrogens with one attached hydrogen (secondary N) is 1. The largest absolute Gasteiger partial charge is 0.494 e. The molecule has 3 N–H and O–H groups in total. The zero-order valence-corrected chi connectivity index (χ0v) is 15.0. The van der Waals surface area contributed by atoms with Crippen molar-refractivity contribution in [2.75, 3.05) is 7.11 Å². The van der Waals surface area contributed by atoms with Crippen LogP contribution in [-0.2, 0) is 17.5 Å². The van der Waals surface area contributed by atoms with Crippen LogP contribution in [0.25, 0.3) is 5.57 Å². The van der Waals surface area contributed by atoms with Crippen molar-refractivity contribution < 1.29 is 31.5 Å². The molecule has 0 saturated heterocycles. The summed E-state index contributed by atoms with van der Waals surface area (Å²) in [6.45, 7) is 0.739. The summed E-state index contributed by atoms with van der Waals surface area (Å²) in [6, 6.07) is 6.61. The van der Waals surface area contributed by atoms with Crippen molar-refractivity contribution in [2.24, 2.45) is 5.73 Å². The minimum absolute atomic E-state index is 0.0176. The van der Waals surface area contributed by atoms with Gasteiger partial charge >= 0.3 is 6.18 Å². The number of rotatable bonds is 6. The predicted molar refractivity (Wildman–Crippen MR) is 93.0 cm³/mol. The van der Waals surface area contributed by atoms with Crippen LogP contribution < -0.4 is 15.8 Å². The topological polar surface area (TPSA) is 64.3 Å². The summed E-state index contributed by atoms with van der Waals surface area (Å²) in [6.07, 6.45) is -4.76. The van der Waals surface area contributed by atoms with Crippen molar-refractivity contribution in [1.29, 1.82) is 0 Å².